The summed E-state index contributed by atoms with van der Waals surface area (Å²) in [5.41, 5.74) is 1.93. The van der Waals surface area contributed by atoms with Gasteiger partial charge in [-0.15, -0.1) is 0 Å². The first-order valence-corrected chi connectivity index (χ1v) is 11.3. The van der Waals surface area contributed by atoms with Crippen molar-refractivity contribution < 1.29 is 14.3 Å². The molecule has 1 aromatic heterocycles. The van der Waals surface area contributed by atoms with Crippen LogP contribution in [0.5, 0.6) is 5.75 Å². The van der Waals surface area contributed by atoms with Crippen LogP contribution in [0.1, 0.15) is 24.0 Å². The average molecular weight is 452 g/mol. The summed E-state index contributed by atoms with van der Waals surface area (Å²) in [4.78, 5) is 18.6. The summed E-state index contributed by atoms with van der Waals surface area (Å²) in [5.74, 6) is 1.21. The number of amides is 1. The lowest BCUT2D eigenvalue weighted by Crippen LogP contribution is -2.22. The molecule has 0 radical (unpaired) electrons. The maximum absolute atomic E-state index is 11.8. The van der Waals surface area contributed by atoms with E-state index in [4.69, 9.17) is 9.47 Å². The van der Waals surface area contributed by atoms with E-state index < -0.39 is 0 Å². The van der Waals surface area contributed by atoms with Gasteiger partial charge in [-0.1, -0.05) is 23.9 Å². The molecule has 32 heavy (non-hydrogen) atoms. The molecule has 166 valence electrons. The zero-order valence-corrected chi connectivity index (χ0v) is 19.0. The molecule has 1 fully saturated rings. The van der Waals surface area contributed by atoms with Crippen molar-refractivity contribution in [2.45, 2.75) is 17.9 Å². The molecule has 0 saturated carbocycles. The third kappa shape index (κ3) is 5.31. The molecule has 0 aliphatic carbocycles. The Bertz CT molecular complexity index is 1040. The Balaban J connectivity index is 2.09. The van der Waals surface area contributed by atoms with Crippen molar-refractivity contribution in [3.8, 4) is 29.0 Å². The van der Waals surface area contributed by atoms with E-state index in [0.29, 0.717) is 46.5 Å². The minimum absolute atomic E-state index is 0.134. The number of hydrogen-bond donors (Lipinski definition) is 1. The summed E-state index contributed by atoms with van der Waals surface area (Å²) in [6.45, 7) is 2.52. The van der Waals surface area contributed by atoms with Gasteiger partial charge < -0.3 is 19.7 Å². The van der Waals surface area contributed by atoms with Crippen molar-refractivity contribution in [2.24, 2.45) is 0 Å². The molecule has 1 saturated heterocycles. The highest BCUT2D eigenvalue weighted by Crippen LogP contribution is 2.39. The lowest BCUT2D eigenvalue weighted by molar-refractivity contribution is -0.118. The van der Waals surface area contributed by atoms with Gasteiger partial charge in [0.25, 0.3) is 0 Å². The summed E-state index contributed by atoms with van der Waals surface area (Å²) in [6.07, 6.45) is 2.05. The minimum atomic E-state index is -0.160. The van der Waals surface area contributed by atoms with Gasteiger partial charge in [-0.2, -0.15) is 10.5 Å². The second-order valence-electron chi connectivity index (χ2n) is 7.11. The van der Waals surface area contributed by atoms with Gasteiger partial charge >= 0.3 is 0 Å². The van der Waals surface area contributed by atoms with Crippen LogP contribution in [-0.2, 0) is 9.53 Å². The molecule has 0 atom stereocenters. The van der Waals surface area contributed by atoms with Crippen molar-refractivity contribution >= 4 is 23.5 Å². The van der Waals surface area contributed by atoms with E-state index in [-0.39, 0.29) is 11.7 Å². The standard InChI is InChI=1S/C23H25N5O3S/c1-26-20(29)15-32-23-19(14-25)21(16-5-7-17(8-6-16)31-12-11-30-2)18(13-24)22(27-23)28-9-3-4-10-28/h5-8H,3-4,9-12,15H2,1-2H3,(H,26,29). The highest BCUT2D eigenvalue weighted by atomic mass is 32.2. The predicted molar refractivity (Wildman–Crippen MR) is 123 cm³/mol. The monoisotopic (exact) mass is 451 g/mol. The Morgan fingerprint density at radius 1 is 1.16 bits per heavy atom. The molecule has 1 aliphatic rings. The first kappa shape index (κ1) is 23.4. The van der Waals surface area contributed by atoms with Crippen LogP contribution >= 0.6 is 11.8 Å². The third-order valence-electron chi connectivity index (χ3n) is 5.09. The number of pyridine rings is 1. The van der Waals surface area contributed by atoms with Gasteiger partial charge in [0, 0.05) is 32.8 Å². The van der Waals surface area contributed by atoms with Crippen molar-refractivity contribution in [1.82, 2.24) is 10.3 Å². The van der Waals surface area contributed by atoms with E-state index in [2.05, 4.69) is 27.3 Å². The second kappa shape index (κ2) is 11.4. The molecular formula is C23H25N5O3S. The van der Waals surface area contributed by atoms with Gasteiger partial charge in [0.1, 0.15) is 40.9 Å². The fraction of sp³-hybridized carbons (Fsp3) is 0.391. The Hall–Kier alpha value is -3.27. The molecule has 1 aromatic carbocycles. The number of aromatic nitrogens is 1. The van der Waals surface area contributed by atoms with E-state index in [1.54, 1.807) is 26.3 Å². The van der Waals surface area contributed by atoms with Crippen LogP contribution in [0.2, 0.25) is 0 Å². The van der Waals surface area contributed by atoms with Crippen LogP contribution in [0.3, 0.4) is 0 Å². The highest BCUT2D eigenvalue weighted by Gasteiger charge is 2.26. The first-order chi connectivity index (χ1) is 15.6. The van der Waals surface area contributed by atoms with Crippen LogP contribution in [0, 0.1) is 22.7 Å². The van der Waals surface area contributed by atoms with Gasteiger partial charge in [0.15, 0.2) is 0 Å². The molecular weight excluding hydrogens is 426 g/mol. The SMILES string of the molecule is CNC(=O)CSc1nc(N2CCCC2)c(C#N)c(-c2ccc(OCCOC)cc2)c1C#N. The highest BCUT2D eigenvalue weighted by molar-refractivity contribution is 8.00. The molecule has 1 N–H and O–H groups in total. The van der Waals surface area contributed by atoms with Crippen molar-refractivity contribution in [1.29, 1.82) is 10.5 Å². The number of nitrogens with one attached hydrogen (secondary N) is 1. The van der Waals surface area contributed by atoms with Crippen molar-refractivity contribution in [3.63, 3.8) is 0 Å². The number of nitrogens with zero attached hydrogens (tertiary/aromatic N) is 4. The number of benzene rings is 1. The number of anilines is 1. The molecule has 3 rings (SSSR count). The van der Waals surface area contributed by atoms with E-state index in [1.165, 1.54) is 11.8 Å². The van der Waals surface area contributed by atoms with Crippen LogP contribution in [0.25, 0.3) is 11.1 Å². The molecule has 1 amide bonds. The first-order valence-electron chi connectivity index (χ1n) is 10.3. The number of carbonyl (C=O) groups is 1. The van der Waals surface area contributed by atoms with Gasteiger partial charge in [-0.05, 0) is 30.5 Å². The third-order valence-corrected chi connectivity index (χ3v) is 6.07. The summed E-state index contributed by atoms with van der Waals surface area (Å²) >= 11 is 1.20. The van der Waals surface area contributed by atoms with E-state index in [1.807, 2.05) is 12.1 Å². The fourth-order valence-electron chi connectivity index (χ4n) is 3.48. The smallest absolute Gasteiger partial charge is 0.230 e. The van der Waals surface area contributed by atoms with E-state index in [9.17, 15) is 15.3 Å². The number of rotatable bonds is 9. The Morgan fingerprint density at radius 2 is 1.84 bits per heavy atom. The van der Waals surface area contributed by atoms with Crippen LogP contribution in [0.4, 0.5) is 5.82 Å². The summed E-state index contributed by atoms with van der Waals surface area (Å²) in [5, 5.41) is 23.1. The molecule has 0 unspecified atom stereocenters. The van der Waals surface area contributed by atoms with Crippen LogP contribution in [-0.4, -0.2) is 57.1 Å². The van der Waals surface area contributed by atoms with Gasteiger partial charge in [0.05, 0.1) is 17.9 Å². The van der Waals surface area contributed by atoms with Crippen LogP contribution < -0.4 is 15.0 Å². The number of ether oxygens (including phenoxy) is 2. The van der Waals surface area contributed by atoms with Crippen molar-refractivity contribution in [3.05, 3.63) is 35.4 Å². The number of methoxy groups -OCH3 is 1. The molecule has 8 nitrogen and oxygen atoms in total. The lowest BCUT2D eigenvalue weighted by atomic mass is 9.96. The zero-order valence-electron chi connectivity index (χ0n) is 18.2. The maximum atomic E-state index is 11.8. The molecule has 2 aromatic rings. The Labute approximate surface area is 192 Å². The van der Waals surface area contributed by atoms with E-state index >= 15 is 0 Å². The Kier molecular flexibility index (Phi) is 8.32. The van der Waals surface area contributed by atoms with Crippen molar-refractivity contribution in [2.75, 3.05) is 51.1 Å². The Morgan fingerprint density at radius 3 is 2.44 bits per heavy atom. The number of nitriles is 2. The lowest BCUT2D eigenvalue weighted by Gasteiger charge is -2.22. The molecule has 1 aliphatic heterocycles. The minimum Gasteiger partial charge on any atom is -0.491 e. The van der Waals surface area contributed by atoms with Gasteiger partial charge in [0.2, 0.25) is 5.91 Å². The topological polar surface area (TPSA) is 111 Å². The summed E-state index contributed by atoms with van der Waals surface area (Å²) < 4.78 is 10.6. The zero-order chi connectivity index (χ0) is 22.9. The van der Waals surface area contributed by atoms with Gasteiger partial charge in [-0.3, -0.25) is 4.79 Å². The normalized spacial score (nSPS) is 12.8. The average Bonchev–Trinajstić information content (AvgIpc) is 3.37. The fourth-order valence-corrected chi connectivity index (χ4v) is 4.33. The predicted octanol–water partition coefficient (Wildman–Crippen LogP) is 2.96. The van der Waals surface area contributed by atoms with E-state index in [0.717, 1.165) is 31.5 Å². The molecule has 9 heteroatoms. The summed E-state index contributed by atoms with van der Waals surface area (Å²) in [7, 11) is 3.18. The number of thioether (sulfide) groups is 1. The second-order valence-corrected chi connectivity index (χ2v) is 8.07. The molecule has 0 bridgehead atoms. The quantitative estimate of drug-likeness (QED) is 0.458. The number of carbonyl (C=O) groups excluding carboxylic acids is 1. The van der Waals surface area contributed by atoms with Crippen LogP contribution in [0.15, 0.2) is 29.3 Å². The largest absolute Gasteiger partial charge is 0.491 e. The summed E-state index contributed by atoms with van der Waals surface area (Å²) in [6, 6.07) is 11.8. The van der Waals surface area contributed by atoms with Gasteiger partial charge in [-0.25, -0.2) is 4.98 Å². The number of hydrogen-bond acceptors (Lipinski definition) is 8. The molecule has 0 spiro atoms. The molecule has 2 heterocycles. The maximum Gasteiger partial charge on any atom is 0.230 e.